The molecule has 0 atom stereocenters. The van der Waals surface area contributed by atoms with E-state index in [1.54, 1.807) is 24.8 Å². The second-order valence-corrected chi connectivity index (χ2v) is 6.21. The summed E-state index contributed by atoms with van der Waals surface area (Å²) in [7, 11) is 0. The fraction of sp³-hybridized carbons (Fsp3) is 0.188. The van der Waals surface area contributed by atoms with Crippen molar-refractivity contribution in [3.05, 3.63) is 42.3 Å². The molecule has 0 radical (unpaired) electrons. The van der Waals surface area contributed by atoms with Crippen molar-refractivity contribution >= 4 is 34.4 Å². The molecular formula is C16H16ClN9. The van der Waals surface area contributed by atoms with Crippen LogP contribution in [0, 0.1) is 0 Å². The summed E-state index contributed by atoms with van der Waals surface area (Å²) in [5, 5.41) is 4.93. The van der Waals surface area contributed by atoms with Gasteiger partial charge in [0.2, 0.25) is 0 Å². The third-order valence-corrected chi connectivity index (χ3v) is 4.34. The van der Waals surface area contributed by atoms with Gasteiger partial charge in [0.25, 0.3) is 0 Å². The molecule has 0 aliphatic heterocycles. The smallest absolute Gasteiger partial charge is 0.165 e. The minimum atomic E-state index is 0.388. The lowest BCUT2D eigenvalue weighted by atomic mass is 10.1. The predicted molar refractivity (Wildman–Crippen MR) is 99.2 cm³/mol. The number of nitrogen functional groups attached to an aromatic ring is 2. The molecule has 0 aromatic carbocycles. The maximum Gasteiger partial charge on any atom is 0.165 e. The van der Waals surface area contributed by atoms with Gasteiger partial charge < -0.3 is 16.0 Å². The predicted octanol–water partition coefficient (Wildman–Crippen LogP) is 1.99. The lowest BCUT2D eigenvalue weighted by molar-refractivity contribution is 0.531. The molecule has 4 rings (SSSR count). The number of aromatic nitrogens is 7. The molecule has 0 spiro atoms. The average molecular weight is 370 g/mol. The second kappa shape index (κ2) is 6.60. The molecule has 0 aliphatic carbocycles. The first-order valence-corrected chi connectivity index (χ1v) is 8.35. The number of nitrogens with zero attached hydrogens (tertiary/aromatic N) is 7. The summed E-state index contributed by atoms with van der Waals surface area (Å²) in [5.41, 5.74) is 14.6. The molecule has 0 saturated carbocycles. The van der Waals surface area contributed by atoms with Gasteiger partial charge in [0.1, 0.15) is 17.7 Å². The Morgan fingerprint density at radius 2 is 1.92 bits per heavy atom. The van der Waals surface area contributed by atoms with Gasteiger partial charge in [-0.3, -0.25) is 4.68 Å². The quantitative estimate of drug-likeness (QED) is 0.550. The van der Waals surface area contributed by atoms with Gasteiger partial charge in [-0.1, -0.05) is 11.6 Å². The summed E-state index contributed by atoms with van der Waals surface area (Å²) in [4.78, 5) is 16.4. The number of pyridine rings is 1. The number of aryl methyl sites for hydroxylation is 2. The molecule has 9 nitrogen and oxygen atoms in total. The number of fused-ring (bicyclic) bond motifs is 1. The van der Waals surface area contributed by atoms with Crippen molar-refractivity contribution in [2.45, 2.75) is 19.5 Å². The van der Waals surface area contributed by atoms with E-state index >= 15 is 0 Å². The molecule has 0 amide bonds. The summed E-state index contributed by atoms with van der Waals surface area (Å²) < 4.78 is 3.82. The van der Waals surface area contributed by atoms with Gasteiger partial charge in [-0.2, -0.15) is 5.10 Å². The van der Waals surface area contributed by atoms with E-state index in [2.05, 4.69) is 25.0 Å². The highest BCUT2D eigenvalue weighted by atomic mass is 35.5. The first-order chi connectivity index (χ1) is 12.6. The Kier molecular flexibility index (Phi) is 4.13. The highest BCUT2D eigenvalue weighted by Crippen LogP contribution is 2.28. The number of hydrogen-bond acceptors (Lipinski definition) is 7. The standard InChI is InChI=1S/C16H16ClN9/c17-12-6-20-13(18)4-11(12)10-5-24-26(7-10)3-1-2-25-9-23-14-15(19)21-8-22-16(14)25/h4-9H,1-3H2,(H2,18,20)(H2,19,21,22). The van der Waals surface area contributed by atoms with Crippen molar-refractivity contribution in [2.24, 2.45) is 0 Å². The third kappa shape index (κ3) is 3.04. The van der Waals surface area contributed by atoms with Crippen molar-refractivity contribution in [1.82, 2.24) is 34.3 Å². The van der Waals surface area contributed by atoms with Crippen LogP contribution in [0.1, 0.15) is 6.42 Å². The molecule has 4 heterocycles. The maximum atomic E-state index is 6.19. The van der Waals surface area contributed by atoms with Crippen LogP contribution in [0.15, 0.2) is 37.3 Å². The highest BCUT2D eigenvalue weighted by Gasteiger charge is 2.09. The minimum Gasteiger partial charge on any atom is -0.384 e. The van der Waals surface area contributed by atoms with Gasteiger partial charge in [0.15, 0.2) is 11.5 Å². The molecular weight excluding hydrogens is 354 g/mol. The van der Waals surface area contributed by atoms with Crippen LogP contribution in [0.2, 0.25) is 5.02 Å². The number of anilines is 2. The zero-order valence-electron chi connectivity index (χ0n) is 13.7. The lowest BCUT2D eigenvalue weighted by Crippen LogP contribution is -2.04. The first kappa shape index (κ1) is 16.3. The van der Waals surface area contributed by atoms with Gasteiger partial charge in [-0.05, 0) is 12.5 Å². The van der Waals surface area contributed by atoms with Crippen molar-refractivity contribution in [2.75, 3.05) is 11.5 Å². The van der Waals surface area contributed by atoms with Crippen LogP contribution in [0.4, 0.5) is 11.6 Å². The monoisotopic (exact) mass is 369 g/mol. The van der Waals surface area contributed by atoms with Crippen LogP contribution < -0.4 is 11.5 Å². The van der Waals surface area contributed by atoms with E-state index in [0.717, 1.165) is 36.3 Å². The molecule has 26 heavy (non-hydrogen) atoms. The number of imidazole rings is 1. The second-order valence-electron chi connectivity index (χ2n) is 5.80. The van der Waals surface area contributed by atoms with E-state index in [-0.39, 0.29) is 0 Å². The first-order valence-electron chi connectivity index (χ1n) is 7.97. The zero-order chi connectivity index (χ0) is 18.1. The van der Waals surface area contributed by atoms with Crippen LogP contribution >= 0.6 is 11.6 Å². The van der Waals surface area contributed by atoms with E-state index < -0.39 is 0 Å². The van der Waals surface area contributed by atoms with Crippen LogP contribution in [0.3, 0.4) is 0 Å². The summed E-state index contributed by atoms with van der Waals surface area (Å²) in [5.74, 6) is 0.810. The Bertz CT molecular complexity index is 1070. The maximum absolute atomic E-state index is 6.19. The molecule has 0 bridgehead atoms. The Labute approximate surface area is 153 Å². The average Bonchev–Trinajstić information content (AvgIpc) is 3.26. The molecule has 10 heteroatoms. The molecule has 132 valence electrons. The topological polar surface area (TPSA) is 126 Å². The lowest BCUT2D eigenvalue weighted by Gasteiger charge is -2.04. The van der Waals surface area contributed by atoms with E-state index in [0.29, 0.717) is 22.2 Å². The Morgan fingerprint density at radius 3 is 2.81 bits per heavy atom. The number of rotatable bonds is 5. The zero-order valence-corrected chi connectivity index (χ0v) is 14.5. The minimum absolute atomic E-state index is 0.388. The Balaban J connectivity index is 1.45. The van der Waals surface area contributed by atoms with Crippen LogP contribution in [-0.2, 0) is 13.1 Å². The van der Waals surface area contributed by atoms with Gasteiger partial charge >= 0.3 is 0 Å². The van der Waals surface area contributed by atoms with E-state index in [1.807, 2.05) is 15.4 Å². The molecule has 0 saturated heterocycles. The fourth-order valence-electron chi connectivity index (χ4n) is 2.77. The van der Waals surface area contributed by atoms with Gasteiger partial charge in [0, 0.05) is 36.6 Å². The van der Waals surface area contributed by atoms with Gasteiger partial charge in [0.05, 0.1) is 17.5 Å². The Hall–Kier alpha value is -3.20. The van der Waals surface area contributed by atoms with Crippen molar-refractivity contribution in [1.29, 1.82) is 0 Å². The highest BCUT2D eigenvalue weighted by molar-refractivity contribution is 6.33. The normalized spacial score (nSPS) is 11.3. The van der Waals surface area contributed by atoms with Gasteiger partial charge in [-0.25, -0.2) is 19.9 Å². The molecule has 4 N–H and O–H groups in total. The van der Waals surface area contributed by atoms with Crippen LogP contribution in [0.25, 0.3) is 22.3 Å². The fourth-order valence-corrected chi connectivity index (χ4v) is 2.98. The summed E-state index contributed by atoms with van der Waals surface area (Å²) in [6, 6.07) is 1.74. The molecule has 4 aromatic heterocycles. The summed E-state index contributed by atoms with van der Waals surface area (Å²) >= 11 is 6.19. The van der Waals surface area contributed by atoms with Gasteiger partial charge in [-0.15, -0.1) is 0 Å². The largest absolute Gasteiger partial charge is 0.384 e. The number of hydrogen-bond donors (Lipinski definition) is 2. The molecule has 0 aliphatic rings. The van der Waals surface area contributed by atoms with Crippen molar-refractivity contribution in [3.63, 3.8) is 0 Å². The van der Waals surface area contributed by atoms with Crippen molar-refractivity contribution in [3.8, 4) is 11.1 Å². The summed E-state index contributed by atoms with van der Waals surface area (Å²) in [6.45, 7) is 1.48. The molecule has 4 aromatic rings. The molecule has 0 unspecified atom stereocenters. The van der Waals surface area contributed by atoms with E-state index in [1.165, 1.54) is 6.33 Å². The third-order valence-electron chi connectivity index (χ3n) is 4.04. The SMILES string of the molecule is Nc1cc(-c2cnn(CCCn3cnc4c(N)ncnc43)c2)c(Cl)cn1. The summed E-state index contributed by atoms with van der Waals surface area (Å²) in [6.07, 6.45) is 9.27. The number of nitrogens with two attached hydrogens (primary N) is 2. The number of halogens is 1. The molecule has 0 fully saturated rings. The van der Waals surface area contributed by atoms with Crippen molar-refractivity contribution < 1.29 is 0 Å². The Morgan fingerprint density at radius 1 is 1.04 bits per heavy atom. The van der Waals surface area contributed by atoms with E-state index in [4.69, 9.17) is 23.1 Å². The van der Waals surface area contributed by atoms with Crippen LogP contribution in [-0.4, -0.2) is 34.3 Å². The van der Waals surface area contributed by atoms with E-state index in [9.17, 15) is 0 Å². The van der Waals surface area contributed by atoms with Crippen LogP contribution in [0.5, 0.6) is 0 Å².